The molecule has 0 spiro atoms. The van der Waals surface area contributed by atoms with E-state index in [1.165, 1.54) is 68.7 Å². The summed E-state index contributed by atoms with van der Waals surface area (Å²) >= 11 is 12.3. The normalized spacial score (nSPS) is 21.3. The Hall–Kier alpha value is -1.22. The fourth-order valence-electron chi connectivity index (χ4n) is 4.70. The van der Waals surface area contributed by atoms with E-state index in [2.05, 4.69) is 53.2 Å². The Morgan fingerprint density at radius 2 is 1.70 bits per heavy atom. The molecule has 0 bridgehead atoms. The minimum atomic E-state index is 0.611. The smallest absolute Gasteiger partial charge is 0.0595 e. The van der Waals surface area contributed by atoms with Crippen LogP contribution < -0.4 is 4.90 Å². The maximum absolute atomic E-state index is 6.20. The molecule has 27 heavy (non-hydrogen) atoms. The minimum absolute atomic E-state index is 0.611. The van der Waals surface area contributed by atoms with Gasteiger partial charge in [0, 0.05) is 19.3 Å². The Labute approximate surface area is 173 Å². The zero-order valence-corrected chi connectivity index (χ0v) is 17.5. The van der Waals surface area contributed by atoms with Crippen LogP contribution in [0.3, 0.4) is 0 Å². The second kappa shape index (κ2) is 8.43. The lowest BCUT2D eigenvalue weighted by Gasteiger charge is -2.36. The largest absolute Gasteiger partial charge is 0.374 e. The van der Waals surface area contributed by atoms with E-state index < -0.39 is 0 Å². The summed E-state index contributed by atoms with van der Waals surface area (Å²) in [4.78, 5) is 5.05. The van der Waals surface area contributed by atoms with Crippen LogP contribution in [0.1, 0.15) is 48.6 Å². The van der Waals surface area contributed by atoms with Gasteiger partial charge in [-0.1, -0.05) is 47.5 Å². The van der Waals surface area contributed by atoms with Gasteiger partial charge in [-0.25, -0.2) is 0 Å². The van der Waals surface area contributed by atoms with Gasteiger partial charge in [0.05, 0.1) is 10.0 Å². The molecule has 0 aliphatic carbocycles. The summed E-state index contributed by atoms with van der Waals surface area (Å²) < 4.78 is 0. The lowest BCUT2D eigenvalue weighted by atomic mass is 9.86. The van der Waals surface area contributed by atoms with Gasteiger partial charge in [-0.05, 0) is 86.5 Å². The third kappa shape index (κ3) is 4.29. The summed E-state index contributed by atoms with van der Waals surface area (Å²) in [6.07, 6.45) is 4.96. The maximum Gasteiger partial charge on any atom is 0.0595 e. The molecule has 144 valence electrons. The van der Waals surface area contributed by atoms with Crippen molar-refractivity contribution in [2.24, 2.45) is 0 Å². The number of likely N-dealkylation sites (tertiary alicyclic amines) is 1. The van der Waals surface area contributed by atoms with E-state index in [1.807, 2.05) is 6.07 Å². The summed E-state index contributed by atoms with van der Waals surface area (Å²) in [5, 5.41) is 1.33. The molecule has 0 radical (unpaired) electrons. The van der Waals surface area contributed by atoms with Gasteiger partial charge in [-0.15, -0.1) is 0 Å². The van der Waals surface area contributed by atoms with Crippen LogP contribution in [0.25, 0.3) is 0 Å². The van der Waals surface area contributed by atoms with Crippen LogP contribution in [0.2, 0.25) is 10.0 Å². The van der Waals surface area contributed by atoms with Gasteiger partial charge < -0.3 is 9.80 Å². The third-order valence-electron chi connectivity index (χ3n) is 6.40. The fraction of sp³-hybridized carbons (Fsp3) is 0.478. The van der Waals surface area contributed by atoms with Crippen molar-refractivity contribution >= 4 is 28.9 Å². The number of hydrogen-bond donors (Lipinski definition) is 0. The molecule has 2 aromatic carbocycles. The van der Waals surface area contributed by atoms with Gasteiger partial charge >= 0.3 is 0 Å². The maximum atomic E-state index is 6.20. The molecule has 0 N–H and O–H groups in total. The molecule has 4 heteroatoms. The first-order valence-electron chi connectivity index (χ1n) is 10.1. The first-order chi connectivity index (χ1) is 13.1. The third-order valence-corrected chi connectivity index (χ3v) is 7.14. The molecule has 1 fully saturated rings. The monoisotopic (exact) mass is 402 g/mol. The van der Waals surface area contributed by atoms with Crippen molar-refractivity contribution in [1.29, 1.82) is 0 Å². The summed E-state index contributed by atoms with van der Waals surface area (Å²) in [5.41, 5.74) is 4.30. The number of rotatable bonds is 4. The van der Waals surface area contributed by atoms with Crippen LogP contribution in [0.15, 0.2) is 42.5 Å². The first-order valence-corrected chi connectivity index (χ1v) is 10.8. The molecular weight excluding hydrogens is 375 g/mol. The highest BCUT2D eigenvalue weighted by Gasteiger charge is 2.25. The van der Waals surface area contributed by atoms with Crippen molar-refractivity contribution < 1.29 is 0 Å². The second-order valence-corrected chi connectivity index (χ2v) is 8.86. The number of nitrogens with zero attached hydrogens (tertiary/aromatic N) is 2. The molecule has 2 heterocycles. The Morgan fingerprint density at radius 3 is 2.48 bits per heavy atom. The zero-order valence-electron chi connectivity index (χ0n) is 16.0. The molecule has 2 aliphatic rings. The van der Waals surface area contributed by atoms with Crippen molar-refractivity contribution in [3.8, 4) is 0 Å². The summed E-state index contributed by atoms with van der Waals surface area (Å²) in [7, 11) is 2.21. The predicted molar refractivity (Wildman–Crippen MR) is 117 cm³/mol. The van der Waals surface area contributed by atoms with Gasteiger partial charge in [0.25, 0.3) is 0 Å². The lowest BCUT2D eigenvalue weighted by Crippen LogP contribution is -2.35. The van der Waals surface area contributed by atoms with Crippen LogP contribution >= 0.6 is 23.2 Å². The standard InChI is InChI=1S/C23H28Cl2N2/c1-26-12-8-18(20-4-2-3-5-23(20)26)11-15-27-13-9-17(10-14-27)19-6-7-21(24)22(25)16-19/h2-7,16-18H,8-15H2,1H3. The molecule has 0 amide bonds. The Bertz CT molecular complexity index is 784. The molecule has 2 aliphatic heterocycles. The van der Waals surface area contributed by atoms with Crippen molar-refractivity contribution in [3.63, 3.8) is 0 Å². The molecule has 1 saturated heterocycles. The summed E-state index contributed by atoms with van der Waals surface area (Å²) in [6.45, 7) is 4.73. The van der Waals surface area contributed by atoms with Crippen LogP contribution in [0, 0.1) is 0 Å². The number of hydrogen-bond acceptors (Lipinski definition) is 2. The molecule has 0 saturated carbocycles. The van der Waals surface area contributed by atoms with E-state index in [-0.39, 0.29) is 0 Å². The van der Waals surface area contributed by atoms with E-state index in [1.54, 1.807) is 0 Å². The van der Waals surface area contributed by atoms with Crippen LogP contribution in [0.5, 0.6) is 0 Å². The highest BCUT2D eigenvalue weighted by molar-refractivity contribution is 6.42. The van der Waals surface area contributed by atoms with Gasteiger partial charge in [0.1, 0.15) is 0 Å². The Kier molecular flexibility index (Phi) is 5.96. The number of anilines is 1. The quantitative estimate of drug-likeness (QED) is 0.601. The van der Waals surface area contributed by atoms with Gasteiger partial charge in [0.2, 0.25) is 0 Å². The molecule has 0 aromatic heterocycles. The fourth-order valence-corrected chi connectivity index (χ4v) is 5.01. The van der Waals surface area contributed by atoms with Crippen LogP contribution in [-0.2, 0) is 0 Å². The molecule has 4 rings (SSSR count). The van der Waals surface area contributed by atoms with Crippen molar-refractivity contribution in [2.75, 3.05) is 38.1 Å². The summed E-state index contributed by atoms with van der Waals surface area (Å²) in [6, 6.07) is 15.1. The van der Waals surface area contributed by atoms with Crippen LogP contribution in [-0.4, -0.2) is 38.1 Å². The molecule has 2 aromatic rings. The second-order valence-electron chi connectivity index (χ2n) is 8.04. The van der Waals surface area contributed by atoms with E-state index in [0.29, 0.717) is 21.9 Å². The van der Waals surface area contributed by atoms with Crippen molar-refractivity contribution in [3.05, 3.63) is 63.6 Å². The van der Waals surface area contributed by atoms with Crippen LogP contribution in [0.4, 0.5) is 5.69 Å². The molecule has 1 unspecified atom stereocenters. The van der Waals surface area contributed by atoms with E-state index in [9.17, 15) is 0 Å². The number of piperidine rings is 1. The van der Waals surface area contributed by atoms with Gasteiger partial charge in [-0.3, -0.25) is 0 Å². The lowest BCUT2D eigenvalue weighted by molar-refractivity contribution is 0.204. The summed E-state index contributed by atoms with van der Waals surface area (Å²) in [5.74, 6) is 1.31. The predicted octanol–water partition coefficient (Wildman–Crippen LogP) is 6.19. The number of benzene rings is 2. The minimum Gasteiger partial charge on any atom is -0.374 e. The van der Waals surface area contributed by atoms with Gasteiger partial charge in [-0.2, -0.15) is 0 Å². The SMILES string of the molecule is CN1CCC(CCN2CCC(c3ccc(Cl)c(Cl)c3)CC2)c2ccccc21. The number of para-hydroxylation sites is 1. The van der Waals surface area contributed by atoms with Crippen molar-refractivity contribution in [1.82, 2.24) is 4.90 Å². The Morgan fingerprint density at radius 1 is 0.926 bits per heavy atom. The first kappa shape index (κ1) is 19.1. The van der Waals surface area contributed by atoms with Gasteiger partial charge in [0.15, 0.2) is 0 Å². The molecule has 2 nitrogen and oxygen atoms in total. The zero-order chi connectivity index (χ0) is 18.8. The average Bonchev–Trinajstić information content (AvgIpc) is 2.70. The number of halogens is 2. The highest BCUT2D eigenvalue weighted by atomic mass is 35.5. The topological polar surface area (TPSA) is 6.48 Å². The van der Waals surface area contributed by atoms with E-state index in [0.717, 1.165) is 0 Å². The number of fused-ring (bicyclic) bond motifs is 1. The highest BCUT2D eigenvalue weighted by Crippen LogP contribution is 2.37. The average molecular weight is 403 g/mol. The van der Waals surface area contributed by atoms with E-state index in [4.69, 9.17) is 23.2 Å². The molecule has 1 atom stereocenters. The van der Waals surface area contributed by atoms with E-state index >= 15 is 0 Å². The molecular formula is C23H28Cl2N2. The Balaban J connectivity index is 1.31. The van der Waals surface area contributed by atoms with Crippen molar-refractivity contribution in [2.45, 2.75) is 37.5 Å².